The van der Waals surface area contributed by atoms with Gasteiger partial charge in [0.15, 0.2) is 0 Å². The molecule has 3 aromatic rings. The van der Waals surface area contributed by atoms with Crippen molar-refractivity contribution in [1.82, 2.24) is 15.1 Å². The van der Waals surface area contributed by atoms with Crippen LogP contribution in [0.25, 0.3) is 0 Å². The Morgan fingerprint density at radius 3 is 2.14 bits per heavy atom. The number of methoxy groups -OCH3 is 1. The molecule has 9 heteroatoms. The van der Waals surface area contributed by atoms with Gasteiger partial charge in [0.25, 0.3) is 0 Å². The first kappa shape index (κ1) is 35.9. The molecular weight excluding hydrogens is 618 g/mol. The number of hydrogen-bond acceptors (Lipinski definition) is 6. The van der Waals surface area contributed by atoms with Crippen molar-refractivity contribution < 1.29 is 28.6 Å². The first-order valence-electron chi connectivity index (χ1n) is 17.4. The van der Waals surface area contributed by atoms with E-state index in [1.807, 2.05) is 87.5 Å². The fraction of sp³-hybridized carbons (Fsp3) is 0.475. The number of nitrogens with zero attached hydrogens (tertiary/aromatic N) is 2. The normalized spacial score (nSPS) is 18.0. The lowest BCUT2D eigenvalue weighted by Crippen LogP contribution is -2.54. The Morgan fingerprint density at radius 2 is 1.51 bits per heavy atom. The number of likely N-dealkylation sites (N-methyl/N-ethyl adjacent to an activating group) is 1. The summed E-state index contributed by atoms with van der Waals surface area (Å²) in [5, 5.41) is 3.30. The van der Waals surface area contributed by atoms with Crippen molar-refractivity contribution in [2.24, 2.45) is 11.8 Å². The lowest BCUT2D eigenvalue weighted by molar-refractivity contribution is -0.138. The van der Waals surface area contributed by atoms with Gasteiger partial charge in [-0.05, 0) is 70.6 Å². The Morgan fingerprint density at radius 1 is 0.898 bits per heavy atom. The van der Waals surface area contributed by atoms with Crippen LogP contribution in [0.15, 0.2) is 78.9 Å². The highest BCUT2D eigenvalue weighted by molar-refractivity contribution is 5.84. The summed E-state index contributed by atoms with van der Waals surface area (Å²) in [4.78, 5) is 44.7. The second-order valence-electron chi connectivity index (χ2n) is 14.4. The number of unbranched alkanes of at least 4 members (excludes halogenated alkanes) is 1. The van der Waals surface area contributed by atoms with Gasteiger partial charge < -0.3 is 29.3 Å². The Hall–Kier alpha value is -4.37. The minimum absolute atomic E-state index is 0.0797. The molecule has 0 aliphatic carbocycles. The van der Waals surface area contributed by atoms with Crippen LogP contribution in [-0.2, 0) is 30.9 Å². The number of fused-ring (bicyclic) bond motifs is 2. The number of amides is 3. The molecule has 2 atom stereocenters. The smallest absolute Gasteiger partial charge is 0.410 e. The van der Waals surface area contributed by atoms with E-state index in [0.29, 0.717) is 32.5 Å². The summed E-state index contributed by atoms with van der Waals surface area (Å²) >= 11 is 0. The summed E-state index contributed by atoms with van der Waals surface area (Å²) in [6.45, 7) is 7.35. The van der Waals surface area contributed by atoms with E-state index in [9.17, 15) is 14.4 Å². The summed E-state index contributed by atoms with van der Waals surface area (Å²) in [5.41, 5.74) is 1.95. The second-order valence-corrected chi connectivity index (χ2v) is 14.4. The van der Waals surface area contributed by atoms with E-state index in [1.54, 1.807) is 19.1 Å². The van der Waals surface area contributed by atoms with Gasteiger partial charge in [0.2, 0.25) is 11.8 Å². The zero-order valence-corrected chi connectivity index (χ0v) is 29.6. The van der Waals surface area contributed by atoms with Crippen molar-refractivity contribution in [3.63, 3.8) is 0 Å². The molecule has 49 heavy (non-hydrogen) atoms. The van der Waals surface area contributed by atoms with E-state index in [-0.39, 0.29) is 24.9 Å². The molecule has 3 aromatic carbocycles. The quantitative estimate of drug-likeness (QED) is 0.219. The van der Waals surface area contributed by atoms with Gasteiger partial charge in [-0.1, -0.05) is 66.7 Å². The molecule has 2 heterocycles. The fourth-order valence-electron chi connectivity index (χ4n) is 7.08. The molecule has 0 spiro atoms. The topological polar surface area (TPSA) is 97.4 Å². The van der Waals surface area contributed by atoms with Crippen molar-refractivity contribution in [2.45, 2.75) is 63.9 Å². The second kappa shape index (κ2) is 15.9. The van der Waals surface area contributed by atoms with Gasteiger partial charge in [-0.15, -0.1) is 0 Å². The third-order valence-corrected chi connectivity index (χ3v) is 9.57. The summed E-state index contributed by atoms with van der Waals surface area (Å²) in [7, 11) is 3.50. The van der Waals surface area contributed by atoms with Gasteiger partial charge in [-0.25, -0.2) is 4.79 Å². The zero-order valence-electron chi connectivity index (χ0n) is 29.6. The summed E-state index contributed by atoms with van der Waals surface area (Å²) in [6, 6.07) is 26.1. The largest absolute Gasteiger partial charge is 0.457 e. The van der Waals surface area contributed by atoms with E-state index in [2.05, 4.69) is 17.4 Å². The van der Waals surface area contributed by atoms with Crippen LogP contribution in [0.5, 0.6) is 11.5 Å². The molecule has 2 aliphatic heterocycles. The number of carbonyl (C=O) groups excluding carboxylic acids is 3. The molecular formula is C40H51N3O6. The van der Waals surface area contributed by atoms with Gasteiger partial charge in [0.05, 0.1) is 11.8 Å². The van der Waals surface area contributed by atoms with E-state index in [4.69, 9.17) is 14.2 Å². The number of carbonyl (C=O) groups is 3. The lowest BCUT2D eigenvalue weighted by atomic mass is 9.69. The summed E-state index contributed by atoms with van der Waals surface area (Å²) in [5.74, 6) is 0.166. The molecule has 0 unspecified atom stereocenters. The Labute approximate surface area is 290 Å². The summed E-state index contributed by atoms with van der Waals surface area (Å²) in [6.07, 6.45) is 3.08. The fourth-order valence-corrected chi connectivity index (χ4v) is 7.08. The SMILES string of the molecule is COCCCCC1(CNC(=O)[C@H]2C[C@H](C(=O)N(C)CCc3ccccc3)CN(C(=O)OC(C)(C)C)C2)c2ccccc2Oc2ccccc21. The van der Waals surface area contributed by atoms with Crippen LogP contribution in [0.1, 0.15) is 63.1 Å². The third kappa shape index (κ3) is 8.81. The van der Waals surface area contributed by atoms with Gasteiger partial charge in [0.1, 0.15) is 17.1 Å². The molecule has 5 rings (SSSR count). The maximum atomic E-state index is 14.2. The number of rotatable bonds is 12. The minimum atomic E-state index is -0.711. The lowest BCUT2D eigenvalue weighted by Gasteiger charge is -2.42. The van der Waals surface area contributed by atoms with Crippen LogP contribution in [-0.4, -0.2) is 80.3 Å². The van der Waals surface area contributed by atoms with E-state index < -0.39 is 28.9 Å². The van der Waals surface area contributed by atoms with Crippen molar-refractivity contribution in [1.29, 1.82) is 0 Å². The first-order chi connectivity index (χ1) is 23.5. The Kier molecular flexibility index (Phi) is 11.7. The third-order valence-electron chi connectivity index (χ3n) is 9.57. The molecule has 1 fully saturated rings. The number of para-hydroxylation sites is 2. The molecule has 0 bridgehead atoms. The maximum absolute atomic E-state index is 14.2. The van der Waals surface area contributed by atoms with E-state index >= 15 is 0 Å². The molecule has 1 saturated heterocycles. The number of benzene rings is 3. The van der Waals surface area contributed by atoms with Gasteiger partial charge in [-0.2, -0.15) is 0 Å². The Balaban J connectivity index is 1.38. The van der Waals surface area contributed by atoms with E-state index in [1.165, 1.54) is 4.90 Å². The van der Waals surface area contributed by atoms with Crippen molar-refractivity contribution >= 4 is 17.9 Å². The molecule has 2 aliphatic rings. The van der Waals surface area contributed by atoms with Gasteiger partial charge >= 0.3 is 6.09 Å². The number of hydrogen-bond donors (Lipinski definition) is 1. The van der Waals surface area contributed by atoms with Crippen molar-refractivity contribution in [2.75, 3.05) is 46.9 Å². The maximum Gasteiger partial charge on any atom is 0.410 e. The van der Waals surface area contributed by atoms with Crippen LogP contribution in [0, 0.1) is 11.8 Å². The predicted octanol–water partition coefficient (Wildman–Crippen LogP) is 6.59. The molecule has 0 radical (unpaired) electrons. The number of likely N-dealkylation sites (tertiary alicyclic amines) is 1. The molecule has 0 aromatic heterocycles. The van der Waals surface area contributed by atoms with Gasteiger partial charge in [0, 0.05) is 63.5 Å². The monoisotopic (exact) mass is 669 g/mol. The highest BCUT2D eigenvalue weighted by Gasteiger charge is 2.44. The van der Waals surface area contributed by atoms with Crippen molar-refractivity contribution in [3.05, 3.63) is 95.6 Å². The number of ether oxygens (including phenoxy) is 3. The zero-order chi connectivity index (χ0) is 35.0. The van der Waals surface area contributed by atoms with E-state index in [0.717, 1.165) is 47.5 Å². The van der Waals surface area contributed by atoms with Crippen LogP contribution < -0.4 is 10.1 Å². The standard InChI is InChI=1S/C40H51N3O6/c1-39(2,3)49-38(46)43-26-30(25-31(27-43)37(45)42(4)23-21-29-15-7-6-8-16-29)36(44)41-28-40(22-13-14-24-47-5)32-17-9-11-19-34(32)48-35-20-12-10-18-33(35)40/h6-12,15-20,30-31H,13-14,21-28H2,1-5H3,(H,41,44)/t30-,31-/m0/s1. The van der Waals surface area contributed by atoms with Crippen molar-refractivity contribution in [3.8, 4) is 11.5 Å². The highest BCUT2D eigenvalue weighted by atomic mass is 16.6. The predicted molar refractivity (Wildman–Crippen MR) is 190 cm³/mol. The summed E-state index contributed by atoms with van der Waals surface area (Å²) < 4.78 is 17.4. The van der Waals surface area contributed by atoms with Crippen LogP contribution in [0.3, 0.4) is 0 Å². The Bertz CT molecular complexity index is 1540. The van der Waals surface area contributed by atoms with Crippen LogP contribution in [0.2, 0.25) is 0 Å². The minimum Gasteiger partial charge on any atom is -0.457 e. The average molecular weight is 670 g/mol. The molecule has 3 amide bonds. The number of nitrogens with one attached hydrogen (secondary N) is 1. The molecule has 1 N–H and O–H groups in total. The molecule has 9 nitrogen and oxygen atoms in total. The first-order valence-corrected chi connectivity index (χ1v) is 17.4. The van der Waals surface area contributed by atoms with Gasteiger partial charge in [-0.3, -0.25) is 9.59 Å². The van der Waals surface area contributed by atoms with Crippen LogP contribution >= 0.6 is 0 Å². The molecule has 0 saturated carbocycles. The highest BCUT2D eigenvalue weighted by Crippen LogP contribution is 2.50. The van der Waals surface area contributed by atoms with Crippen LogP contribution in [0.4, 0.5) is 4.79 Å². The molecule has 262 valence electrons. The number of piperidine rings is 1. The average Bonchev–Trinajstić information content (AvgIpc) is 3.10.